The minimum absolute atomic E-state index is 0.0846. The topological polar surface area (TPSA) is 0 Å². The van der Waals surface area contributed by atoms with Crippen LogP contribution in [0.4, 0.5) is 13.2 Å². The molecule has 4 atom stereocenters. The third kappa shape index (κ3) is 6.14. The number of alkyl halides is 1. The Kier molecular flexibility index (Phi) is 8.74. The van der Waals surface area contributed by atoms with Gasteiger partial charge in [-0.1, -0.05) is 45.6 Å². The van der Waals surface area contributed by atoms with Crippen LogP contribution in [-0.2, 0) is 0 Å². The molecule has 29 heavy (non-hydrogen) atoms. The Labute approximate surface area is 176 Å². The molecular formula is C26H41F3. The van der Waals surface area contributed by atoms with Crippen LogP contribution in [0.5, 0.6) is 0 Å². The first-order chi connectivity index (χ1) is 14.0. The summed E-state index contributed by atoms with van der Waals surface area (Å²) >= 11 is 0. The van der Waals surface area contributed by atoms with E-state index in [9.17, 15) is 13.2 Å². The number of rotatable bonds is 8. The summed E-state index contributed by atoms with van der Waals surface area (Å²) in [6, 6.07) is 0. The van der Waals surface area contributed by atoms with Crippen LogP contribution in [0, 0.1) is 41.4 Å². The Bertz CT molecular complexity index is 540. The van der Waals surface area contributed by atoms with Gasteiger partial charge in [-0.2, -0.15) is 0 Å². The maximum absolute atomic E-state index is 14.4. The molecule has 0 bridgehead atoms. The first kappa shape index (κ1) is 22.9. The van der Waals surface area contributed by atoms with Crippen LogP contribution in [0.3, 0.4) is 0 Å². The molecule has 166 valence electrons. The molecule has 0 saturated heterocycles. The van der Waals surface area contributed by atoms with Gasteiger partial charge in [0.25, 0.3) is 0 Å². The van der Waals surface area contributed by atoms with E-state index in [0.717, 1.165) is 64.2 Å². The maximum Gasteiger partial charge on any atom is 0.0996 e. The first-order valence-electron chi connectivity index (χ1n) is 12.3. The van der Waals surface area contributed by atoms with Gasteiger partial charge in [0.15, 0.2) is 0 Å². The Morgan fingerprint density at radius 3 is 2.24 bits per heavy atom. The van der Waals surface area contributed by atoms with Crippen molar-refractivity contribution >= 4 is 0 Å². The Hall–Kier alpha value is -0.730. The van der Waals surface area contributed by atoms with Crippen LogP contribution in [-0.4, -0.2) is 6.67 Å². The lowest BCUT2D eigenvalue weighted by molar-refractivity contribution is 0.136. The highest BCUT2D eigenvalue weighted by Crippen LogP contribution is 2.46. The zero-order chi connectivity index (χ0) is 20.8. The molecule has 0 nitrogen and oxygen atoms in total. The molecule has 0 radical (unpaired) electrons. The van der Waals surface area contributed by atoms with E-state index in [1.807, 2.05) is 6.08 Å². The Morgan fingerprint density at radius 1 is 0.966 bits per heavy atom. The standard InChI is InChI=1S/C26H41F3/c1-18-8-14-25(26(29)16-18)22-11-9-21(10-12-22)24(19(2)28)15-13-23(17-27)20-6-4-3-5-7-20/h16,18,20-25H,2-15,17H2,1H3/t18?,21?,22?,23-,24?,25?/m1/s1. The number of hydrogen-bond donors (Lipinski definition) is 0. The van der Waals surface area contributed by atoms with Gasteiger partial charge in [-0.25, -0.2) is 8.78 Å². The van der Waals surface area contributed by atoms with Gasteiger partial charge in [-0.15, -0.1) is 0 Å². The lowest BCUT2D eigenvalue weighted by atomic mass is 9.68. The molecule has 3 unspecified atom stereocenters. The van der Waals surface area contributed by atoms with Crippen molar-refractivity contribution in [1.82, 2.24) is 0 Å². The molecule has 3 aliphatic rings. The smallest absolute Gasteiger partial charge is 0.0996 e. The first-order valence-corrected chi connectivity index (χ1v) is 12.3. The average molecular weight is 411 g/mol. The molecule has 0 aromatic heterocycles. The van der Waals surface area contributed by atoms with Gasteiger partial charge in [-0.3, -0.25) is 4.39 Å². The Morgan fingerprint density at radius 2 is 1.66 bits per heavy atom. The zero-order valence-electron chi connectivity index (χ0n) is 18.4. The molecule has 0 amide bonds. The van der Waals surface area contributed by atoms with E-state index >= 15 is 0 Å². The third-order valence-corrected chi connectivity index (χ3v) is 8.45. The van der Waals surface area contributed by atoms with Crippen LogP contribution in [0.2, 0.25) is 0 Å². The summed E-state index contributed by atoms with van der Waals surface area (Å²) < 4.78 is 42.5. The van der Waals surface area contributed by atoms with Crippen molar-refractivity contribution in [2.24, 2.45) is 41.4 Å². The van der Waals surface area contributed by atoms with Crippen molar-refractivity contribution in [3.63, 3.8) is 0 Å². The highest BCUT2D eigenvalue weighted by molar-refractivity contribution is 5.07. The van der Waals surface area contributed by atoms with Gasteiger partial charge in [0.1, 0.15) is 0 Å². The van der Waals surface area contributed by atoms with Gasteiger partial charge in [0, 0.05) is 11.8 Å². The van der Waals surface area contributed by atoms with Crippen molar-refractivity contribution in [3.05, 3.63) is 24.3 Å². The lowest BCUT2D eigenvalue weighted by Gasteiger charge is -2.38. The SMILES string of the molecule is C=C(F)C(CC[C@H](CF)C1CCCCC1)C1CCC(C2CCC(C)C=C2F)CC1. The molecule has 3 rings (SSSR count). The van der Waals surface area contributed by atoms with Gasteiger partial charge >= 0.3 is 0 Å². The van der Waals surface area contributed by atoms with E-state index in [2.05, 4.69) is 13.5 Å². The average Bonchev–Trinajstić information content (AvgIpc) is 2.72. The fourth-order valence-electron chi connectivity index (χ4n) is 6.56. The predicted molar refractivity (Wildman–Crippen MR) is 116 cm³/mol. The Balaban J connectivity index is 1.51. The van der Waals surface area contributed by atoms with E-state index < -0.39 is 0 Å². The van der Waals surface area contributed by atoms with Crippen LogP contribution < -0.4 is 0 Å². The molecule has 0 aromatic carbocycles. The maximum atomic E-state index is 14.4. The van der Waals surface area contributed by atoms with E-state index in [4.69, 9.17) is 0 Å². The van der Waals surface area contributed by atoms with Crippen molar-refractivity contribution in [1.29, 1.82) is 0 Å². The molecule has 0 aliphatic heterocycles. The number of allylic oxidation sites excluding steroid dienone is 3. The lowest BCUT2D eigenvalue weighted by Crippen LogP contribution is -2.28. The van der Waals surface area contributed by atoms with E-state index in [0.29, 0.717) is 23.7 Å². The van der Waals surface area contributed by atoms with Crippen LogP contribution in [0.1, 0.15) is 90.4 Å². The van der Waals surface area contributed by atoms with Crippen molar-refractivity contribution in [3.8, 4) is 0 Å². The molecule has 2 fully saturated rings. The summed E-state index contributed by atoms with van der Waals surface area (Å²) in [5, 5.41) is 0. The van der Waals surface area contributed by atoms with Gasteiger partial charge in [-0.05, 0) is 87.0 Å². The minimum Gasteiger partial charge on any atom is -0.251 e. The quantitative estimate of drug-likeness (QED) is 0.375. The van der Waals surface area contributed by atoms with Crippen LogP contribution in [0.15, 0.2) is 24.3 Å². The number of hydrogen-bond acceptors (Lipinski definition) is 0. The highest BCUT2D eigenvalue weighted by Gasteiger charge is 2.36. The fraction of sp³-hybridized carbons (Fsp3) is 0.846. The molecular weight excluding hydrogens is 369 g/mol. The summed E-state index contributed by atoms with van der Waals surface area (Å²) in [7, 11) is 0. The highest BCUT2D eigenvalue weighted by atomic mass is 19.1. The van der Waals surface area contributed by atoms with Crippen LogP contribution in [0.25, 0.3) is 0 Å². The summed E-state index contributed by atoms with van der Waals surface area (Å²) in [6.07, 6.45) is 15.2. The van der Waals surface area contributed by atoms with Gasteiger partial charge in [0.2, 0.25) is 0 Å². The second-order valence-electron chi connectivity index (χ2n) is 10.3. The largest absolute Gasteiger partial charge is 0.251 e. The second kappa shape index (κ2) is 11.0. The van der Waals surface area contributed by atoms with Crippen molar-refractivity contribution in [2.75, 3.05) is 6.67 Å². The minimum atomic E-state index is -0.269. The normalized spacial score (nSPS) is 33.7. The monoisotopic (exact) mass is 410 g/mol. The van der Waals surface area contributed by atoms with Gasteiger partial charge in [0.05, 0.1) is 18.3 Å². The zero-order valence-corrected chi connectivity index (χ0v) is 18.4. The molecule has 0 N–H and O–H groups in total. The van der Waals surface area contributed by atoms with Gasteiger partial charge < -0.3 is 0 Å². The summed E-state index contributed by atoms with van der Waals surface area (Å²) in [5.74, 6) is 1.47. The molecule has 0 aromatic rings. The molecule has 3 aliphatic carbocycles. The summed E-state index contributed by atoms with van der Waals surface area (Å²) in [6.45, 7) is 5.46. The van der Waals surface area contributed by atoms with E-state index in [-0.39, 0.29) is 36.1 Å². The van der Waals surface area contributed by atoms with E-state index in [1.54, 1.807) is 0 Å². The second-order valence-corrected chi connectivity index (χ2v) is 10.3. The third-order valence-electron chi connectivity index (χ3n) is 8.45. The van der Waals surface area contributed by atoms with E-state index in [1.165, 1.54) is 19.3 Å². The molecule has 0 heterocycles. The van der Waals surface area contributed by atoms with Crippen molar-refractivity contribution < 1.29 is 13.2 Å². The number of halogens is 3. The molecule has 3 heteroatoms. The summed E-state index contributed by atoms with van der Waals surface area (Å²) in [4.78, 5) is 0. The van der Waals surface area contributed by atoms with Crippen LogP contribution >= 0.6 is 0 Å². The summed E-state index contributed by atoms with van der Waals surface area (Å²) in [5.41, 5.74) is 0. The molecule has 0 spiro atoms. The van der Waals surface area contributed by atoms with Crippen molar-refractivity contribution in [2.45, 2.75) is 90.4 Å². The molecule has 2 saturated carbocycles. The predicted octanol–water partition coefficient (Wildman–Crippen LogP) is 8.74. The fourth-order valence-corrected chi connectivity index (χ4v) is 6.56.